The van der Waals surface area contributed by atoms with Crippen molar-refractivity contribution in [2.24, 2.45) is 0 Å². The number of aryl methyl sites for hydroxylation is 3. The predicted molar refractivity (Wildman–Crippen MR) is 252 cm³/mol. The lowest BCUT2D eigenvalue weighted by atomic mass is 10.0. The maximum atomic E-state index is 13.2. The molecule has 376 valence electrons. The second-order valence-electron chi connectivity index (χ2n) is 16.1. The number of anilines is 1. The molecule has 1 aliphatic rings. The number of nitrogens with zero attached hydrogens (tertiary/aromatic N) is 4. The molecule has 0 saturated heterocycles. The number of benzene rings is 4. The predicted octanol–water partition coefficient (Wildman–Crippen LogP) is 12.6. The van der Waals surface area contributed by atoms with Crippen LogP contribution in [0.1, 0.15) is 93.6 Å². The minimum absolute atomic E-state index is 0. The third kappa shape index (κ3) is 12.2. The molecule has 1 amide bonds. The maximum Gasteiger partial charge on any atom is 0.437 e. The molecule has 0 atom stereocenters. The molecular formula is C50H53ClF6N4O9. The van der Waals surface area contributed by atoms with Crippen LogP contribution in [0, 0.1) is 0 Å². The van der Waals surface area contributed by atoms with E-state index in [9.17, 15) is 40.7 Å². The number of carboxylic acid groups (broad SMARTS) is 2. The molecule has 13 nitrogen and oxygen atoms in total. The monoisotopic (exact) mass is 1000 g/mol. The highest BCUT2D eigenvalue weighted by Gasteiger charge is 2.39. The van der Waals surface area contributed by atoms with Gasteiger partial charge in [-0.25, -0.2) is 0 Å². The number of hydrogen-bond acceptors (Lipinski definition) is 9. The number of carbonyl (C=O) groups is 3. The molecule has 2 N–H and O–H groups in total. The van der Waals surface area contributed by atoms with E-state index in [0.29, 0.717) is 97.0 Å². The van der Waals surface area contributed by atoms with E-state index in [1.165, 1.54) is 24.3 Å². The Hall–Kier alpha value is -6.76. The molecule has 4 heterocycles. The minimum Gasteiger partial charge on any atom is -0.493 e. The van der Waals surface area contributed by atoms with Gasteiger partial charge in [0.25, 0.3) is 0 Å². The number of aliphatic carboxylic acids is 2. The first-order valence-electron chi connectivity index (χ1n) is 21.7. The van der Waals surface area contributed by atoms with Gasteiger partial charge in [0.15, 0.2) is 22.6 Å². The summed E-state index contributed by atoms with van der Waals surface area (Å²) in [6.07, 6.45) is -3.91. The van der Waals surface area contributed by atoms with E-state index in [4.69, 9.17) is 40.3 Å². The number of alkyl halides is 6. The first-order valence-corrected chi connectivity index (χ1v) is 22.1. The topological polar surface area (TPSA) is 170 Å². The second-order valence-corrected chi connectivity index (χ2v) is 16.6. The van der Waals surface area contributed by atoms with Crippen molar-refractivity contribution in [3.8, 4) is 11.5 Å². The molecule has 70 heavy (non-hydrogen) atoms. The number of rotatable bonds is 18. The van der Waals surface area contributed by atoms with Crippen molar-refractivity contribution in [2.45, 2.75) is 105 Å². The van der Waals surface area contributed by atoms with E-state index in [1.807, 2.05) is 24.5 Å². The van der Waals surface area contributed by atoms with Crippen LogP contribution in [0.5, 0.6) is 11.5 Å². The van der Waals surface area contributed by atoms with E-state index in [2.05, 4.69) is 10.3 Å². The Morgan fingerprint density at radius 3 is 1.71 bits per heavy atom. The molecule has 0 radical (unpaired) electrons. The summed E-state index contributed by atoms with van der Waals surface area (Å²) < 4.78 is 103. The number of fused-ring (bicyclic) bond motifs is 4. The van der Waals surface area contributed by atoms with Gasteiger partial charge >= 0.3 is 24.3 Å². The molecular weight excluding hydrogens is 950 g/mol. The molecule has 8 rings (SSSR count). The zero-order chi connectivity index (χ0) is 48.9. The van der Waals surface area contributed by atoms with E-state index < -0.39 is 35.7 Å². The highest BCUT2D eigenvalue weighted by molar-refractivity contribution is 6.35. The molecule has 0 bridgehead atoms. The highest BCUT2D eigenvalue weighted by atomic mass is 35.5. The fourth-order valence-corrected chi connectivity index (χ4v) is 8.56. The van der Waals surface area contributed by atoms with Crippen molar-refractivity contribution in [1.29, 1.82) is 0 Å². The summed E-state index contributed by atoms with van der Waals surface area (Å²) in [6, 6.07) is 16.3. The Morgan fingerprint density at radius 2 is 1.21 bits per heavy atom. The molecule has 0 fully saturated rings. The van der Waals surface area contributed by atoms with Gasteiger partial charge in [-0.3, -0.25) is 14.4 Å². The summed E-state index contributed by atoms with van der Waals surface area (Å²) >= 11 is 6.34. The molecule has 7 aromatic rings. The Labute approximate surface area is 403 Å². The molecule has 0 aliphatic carbocycles. The number of ether oxygens (including phenoxy) is 2. The Balaban J connectivity index is 0.000000254. The van der Waals surface area contributed by atoms with Crippen LogP contribution in [-0.4, -0.2) is 62.7 Å². The molecule has 0 unspecified atom stereocenters. The lowest BCUT2D eigenvalue weighted by molar-refractivity contribution is -0.142. The van der Waals surface area contributed by atoms with Crippen LogP contribution < -0.4 is 14.4 Å². The first kappa shape index (κ1) is 54.2. The third-order valence-electron chi connectivity index (χ3n) is 11.2. The van der Waals surface area contributed by atoms with Crippen molar-refractivity contribution in [3.05, 3.63) is 111 Å². The summed E-state index contributed by atoms with van der Waals surface area (Å²) in [5.74, 6) is -0.998. The smallest absolute Gasteiger partial charge is 0.437 e. The zero-order valence-electron chi connectivity index (χ0n) is 36.7. The van der Waals surface area contributed by atoms with Crippen molar-refractivity contribution in [2.75, 3.05) is 24.7 Å². The first-order chi connectivity index (χ1) is 32.4. The van der Waals surface area contributed by atoms with Gasteiger partial charge in [-0.05, 0) is 84.8 Å². The quantitative estimate of drug-likeness (QED) is 0.0619. The van der Waals surface area contributed by atoms with E-state index >= 15 is 0 Å². The summed E-state index contributed by atoms with van der Waals surface area (Å²) in [5, 5.41) is 25.5. The van der Waals surface area contributed by atoms with Crippen molar-refractivity contribution in [3.63, 3.8) is 0 Å². The average Bonchev–Trinajstić information content (AvgIpc) is 4.05. The van der Waals surface area contributed by atoms with E-state index in [1.54, 1.807) is 41.4 Å². The normalized spacial score (nSPS) is 12.4. The van der Waals surface area contributed by atoms with E-state index in [0.717, 1.165) is 22.2 Å². The van der Waals surface area contributed by atoms with Gasteiger partial charge in [0.2, 0.25) is 5.91 Å². The molecule has 3 aromatic heterocycles. The van der Waals surface area contributed by atoms with Gasteiger partial charge in [-0.2, -0.15) is 26.3 Å². The van der Waals surface area contributed by atoms with Crippen LogP contribution in [-0.2, 0) is 65.4 Å². The third-order valence-corrected chi connectivity index (χ3v) is 11.5. The van der Waals surface area contributed by atoms with Crippen LogP contribution in [0.2, 0.25) is 5.02 Å². The van der Waals surface area contributed by atoms with Crippen LogP contribution in [0.3, 0.4) is 0 Å². The number of halogens is 7. The number of amides is 1. The number of hydrogen-bond donors (Lipinski definition) is 2. The lowest BCUT2D eigenvalue weighted by Gasteiger charge is -2.18. The summed E-state index contributed by atoms with van der Waals surface area (Å²) in [5.41, 5.74) is 2.96. The van der Waals surface area contributed by atoms with Gasteiger partial charge < -0.3 is 38.2 Å². The zero-order valence-corrected chi connectivity index (χ0v) is 37.5. The molecule has 0 saturated carbocycles. The number of carboxylic acids is 2. The summed E-state index contributed by atoms with van der Waals surface area (Å²) in [4.78, 5) is 36.0. The average molecular weight is 1000 g/mol. The van der Waals surface area contributed by atoms with Crippen LogP contribution in [0.15, 0.2) is 75.9 Å². The minimum atomic E-state index is -4.61. The summed E-state index contributed by atoms with van der Waals surface area (Å²) in [7, 11) is 0. The number of carbonyl (C=O) groups excluding carboxylic acids is 1. The number of aromatic nitrogens is 3. The Kier molecular flexibility index (Phi) is 17.6. The van der Waals surface area contributed by atoms with Crippen LogP contribution in [0.4, 0.5) is 32.0 Å². The largest absolute Gasteiger partial charge is 0.493 e. The molecule has 20 heteroatoms. The second kappa shape index (κ2) is 22.8. The van der Waals surface area contributed by atoms with Gasteiger partial charge in [0.1, 0.15) is 11.5 Å². The SMILES string of the molecule is C.C.CCCc1c(OCCCN2C(=O)Cc3cc(CC(=O)O)ccc32)ccc2c(C(F)(F)F)noc12.CCCc1c(OCCCn2cc(Cl)c3cc(CC(=O)O)ccc32)ccc2c(C(F)(F)F)noc12. The van der Waals surface area contributed by atoms with E-state index in [-0.39, 0.29) is 68.6 Å². The molecule has 0 spiro atoms. The van der Waals surface area contributed by atoms with Gasteiger partial charge in [0, 0.05) is 47.0 Å². The molecule has 1 aliphatic heterocycles. The standard InChI is InChI=1S/C24H22ClF3N2O4.C24H23F3N2O5.2CH4/c1-2-4-15-20(8-6-16-22(15)34-29-23(16)24(26,27)28)33-10-3-9-30-13-18(25)17-11-14(12-21(31)32)5-7-19(17)30;1-2-4-16-19(8-6-17-22(16)34-28-23(17)24(25,26)27)33-10-3-9-29-18-7-5-14(12-21(31)32)11-15(18)13-20(29)30;;/h5-8,11,13H,2-4,9-10,12H2,1H3,(H,31,32);5-8,11H,2-4,9-10,12-13H2,1H3,(H,31,32);2*1H4. The Bertz CT molecular complexity index is 2980. The highest BCUT2D eigenvalue weighted by Crippen LogP contribution is 2.40. The fraction of sp³-hybridized carbons (Fsp3) is 0.380. The Morgan fingerprint density at radius 1 is 0.714 bits per heavy atom. The van der Waals surface area contributed by atoms with Crippen molar-refractivity contribution >= 4 is 68.0 Å². The summed E-state index contributed by atoms with van der Waals surface area (Å²) in [6.45, 7) is 5.40. The van der Waals surface area contributed by atoms with Crippen LogP contribution >= 0.6 is 11.6 Å². The molecule has 4 aromatic carbocycles. The lowest BCUT2D eigenvalue weighted by Crippen LogP contribution is -2.28. The van der Waals surface area contributed by atoms with Crippen LogP contribution in [0.25, 0.3) is 32.8 Å². The maximum absolute atomic E-state index is 13.2. The van der Waals surface area contributed by atoms with Gasteiger partial charge in [0.05, 0.1) is 48.3 Å². The fourth-order valence-electron chi connectivity index (χ4n) is 8.29. The van der Waals surface area contributed by atoms with Crippen molar-refractivity contribution < 1.29 is 69.5 Å². The van der Waals surface area contributed by atoms with Gasteiger partial charge in [-0.1, -0.05) is 81.7 Å². The van der Waals surface area contributed by atoms with Gasteiger partial charge in [-0.15, -0.1) is 0 Å². The van der Waals surface area contributed by atoms with Crippen molar-refractivity contribution in [1.82, 2.24) is 14.9 Å².